The van der Waals surface area contributed by atoms with Crippen LogP contribution in [0.1, 0.15) is 17.0 Å². The number of fused-ring (bicyclic) bond motifs is 1. The van der Waals surface area contributed by atoms with E-state index in [1.165, 1.54) is 6.07 Å². The summed E-state index contributed by atoms with van der Waals surface area (Å²) in [5.41, 5.74) is 6.44. The number of aromatic amines is 1. The van der Waals surface area contributed by atoms with Crippen molar-refractivity contribution < 1.29 is 4.79 Å². The van der Waals surface area contributed by atoms with Crippen molar-refractivity contribution in [1.29, 1.82) is 0 Å². The summed E-state index contributed by atoms with van der Waals surface area (Å²) in [5, 5.41) is 3.66. The number of halogens is 1. The van der Waals surface area contributed by atoms with E-state index < -0.39 is 0 Å². The molecule has 0 aliphatic carbocycles. The van der Waals surface area contributed by atoms with Crippen molar-refractivity contribution >= 4 is 34.2 Å². The van der Waals surface area contributed by atoms with E-state index in [0.717, 1.165) is 27.9 Å². The van der Waals surface area contributed by atoms with E-state index in [-0.39, 0.29) is 17.8 Å². The molecule has 0 fully saturated rings. The van der Waals surface area contributed by atoms with Crippen molar-refractivity contribution in [3.05, 3.63) is 111 Å². The van der Waals surface area contributed by atoms with Crippen molar-refractivity contribution in [2.45, 2.75) is 20.3 Å². The molecule has 3 heterocycles. The van der Waals surface area contributed by atoms with Gasteiger partial charge in [0.05, 0.1) is 17.5 Å². The Morgan fingerprint density at radius 3 is 2.39 bits per heavy atom. The van der Waals surface area contributed by atoms with Gasteiger partial charge in [-0.05, 0) is 49.7 Å². The molecule has 36 heavy (non-hydrogen) atoms. The summed E-state index contributed by atoms with van der Waals surface area (Å²) in [7, 11) is 0. The fourth-order valence-electron chi connectivity index (χ4n) is 4.15. The molecule has 178 valence electrons. The van der Waals surface area contributed by atoms with E-state index in [1.54, 1.807) is 6.07 Å². The standard InChI is InChI=1S/C29H23ClN4O2/c1-17-8-10-21(11-9-17)32-27(36)15-22-14-25(35)24-16-23(20-12-18(2)31-26(30)13-20)28(34-29(24)33-22)19-6-4-3-5-7-19/h3-14,16H,15H2,1-2H3,(H,32,36)(H,33,34,35). The lowest BCUT2D eigenvalue weighted by atomic mass is 9.98. The molecule has 0 radical (unpaired) electrons. The number of hydrogen-bond acceptors (Lipinski definition) is 4. The van der Waals surface area contributed by atoms with Crippen molar-refractivity contribution in [2.75, 3.05) is 5.32 Å². The lowest BCUT2D eigenvalue weighted by Crippen LogP contribution is -2.17. The van der Waals surface area contributed by atoms with Crippen LogP contribution in [-0.2, 0) is 11.2 Å². The van der Waals surface area contributed by atoms with Crippen LogP contribution in [0.3, 0.4) is 0 Å². The summed E-state index contributed by atoms with van der Waals surface area (Å²) in [5.74, 6) is -0.226. The van der Waals surface area contributed by atoms with E-state index in [9.17, 15) is 9.59 Å². The molecule has 0 unspecified atom stereocenters. The number of pyridine rings is 3. The molecule has 0 aliphatic rings. The number of benzene rings is 2. The van der Waals surface area contributed by atoms with E-state index in [0.29, 0.717) is 33.3 Å². The zero-order valence-corrected chi connectivity index (χ0v) is 20.6. The molecule has 0 aliphatic heterocycles. The summed E-state index contributed by atoms with van der Waals surface area (Å²) in [6.07, 6.45) is 0.0162. The molecule has 3 aromatic heterocycles. The molecule has 6 nitrogen and oxygen atoms in total. The number of aromatic nitrogens is 3. The minimum atomic E-state index is -0.226. The van der Waals surface area contributed by atoms with Gasteiger partial charge in [0.15, 0.2) is 5.43 Å². The lowest BCUT2D eigenvalue weighted by Gasteiger charge is -2.13. The Labute approximate surface area is 213 Å². The van der Waals surface area contributed by atoms with Crippen LogP contribution in [0.15, 0.2) is 83.7 Å². The first-order valence-electron chi connectivity index (χ1n) is 11.5. The van der Waals surface area contributed by atoms with Gasteiger partial charge in [-0.3, -0.25) is 9.59 Å². The third kappa shape index (κ3) is 5.04. The number of carbonyl (C=O) groups excluding carboxylic acids is 1. The molecule has 0 spiro atoms. The molecule has 2 aromatic carbocycles. The fraction of sp³-hybridized carbons (Fsp3) is 0.103. The van der Waals surface area contributed by atoms with Crippen molar-refractivity contribution in [3.63, 3.8) is 0 Å². The third-order valence-corrected chi connectivity index (χ3v) is 6.03. The van der Waals surface area contributed by atoms with Gasteiger partial charge in [-0.2, -0.15) is 0 Å². The highest BCUT2D eigenvalue weighted by molar-refractivity contribution is 6.29. The van der Waals surface area contributed by atoms with Crippen molar-refractivity contribution in [1.82, 2.24) is 15.0 Å². The Morgan fingerprint density at radius 2 is 1.67 bits per heavy atom. The number of hydrogen-bond donors (Lipinski definition) is 2. The Morgan fingerprint density at radius 1 is 0.917 bits per heavy atom. The van der Waals surface area contributed by atoms with Crippen LogP contribution in [0.4, 0.5) is 5.69 Å². The molecular formula is C29H23ClN4O2. The van der Waals surface area contributed by atoms with Gasteiger partial charge in [0, 0.05) is 34.3 Å². The van der Waals surface area contributed by atoms with Gasteiger partial charge in [-0.25, -0.2) is 9.97 Å². The van der Waals surface area contributed by atoms with Gasteiger partial charge in [0.25, 0.3) is 0 Å². The molecule has 5 aromatic rings. The quantitative estimate of drug-likeness (QED) is 0.289. The number of aryl methyl sites for hydroxylation is 2. The molecule has 1 amide bonds. The van der Waals surface area contributed by atoms with Crippen LogP contribution in [0, 0.1) is 13.8 Å². The lowest BCUT2D eigenvalue weighted by molar-refractivity contribution is -0.115. The second-order valence-corrected chi connectivity index (χ2v) is 9.10. The molecule has 0 atom stereocenters. The highest BCUT2D eigenvalue weighted by Crippen LogP contribution is 2.33. The number of nitrogens with one attached hydrogen (secondary N) is 2. The Balaban J connectivity index is 1.58. The molecule has 0 bridgehead atoms. The average molecular weight is 495 g/mol. The van der Waals surface area contributed by atoms with Crippen LogP contribution in [0.25, 0.3) is 33.4 Å². The highest BCUT2D eigenvalue weighted by atomic mass is 35.5. The van der Waals surface area contributed by atoms with Crippen molar-refractivity contribution in [2.24, 2.45) is 0 Å². The minimum Gasteiger partial charge on any atom is -0.343 e. The van der Waals surface area contributed by atoms with E-state index >= 15 is 0 Å². The smallest absolute Gasteiger partial charge is 0.230 e. The zero-order valence-electron chi connectivity index (χ0n) is 19.8. The van der Waals surface area contributed by atoms with Crippen LogP contribution < -0.4 is 10.7 Å². The number of amides is 1. The topological polar surface area (TPSA) is 87.7 Å². The van der Waals surface area contributed by atoms with E-state index in [2.05, 4.69) is 15.3 Å². The first kappa shape index (κ1) is 23.5. The predicted octanol–water partition coefficient (Wildman–Crippen LogP) is 6.10. The van der Waals surface area contributed by atoms with Gasteiger partial charge in [-0.15, -0.1) is 0 Å². The van der Waals surface area contributed by atoms with Gasteiger partial charge in [-0.1, -0.05) is 59.6 Å². The van der Waals surface area contributed by atoms with Gasteiger partial charge in [0.1, 0.15) is 10.8 Å². The maximum atomic E-state index is 13.1. The third-order valence-electron chi connectivity index (χ3n) is 5.84. The summed E-state index contributed by atoms with van der Waals surface area (Å²) in [4.78, 5) is 38.0. The summed E-state index contributed by atoms with van der Waals surface area (Å²) in [6.45, 7) is 3.85. The normalized spacial score (nSPS) is 11.0. The Hall–Kier alpha value is -4.29. The second kappa shape index (κ2) is 9.76. The van der Waals surface area contributed by atoms with Crippen LogP contribution in [0.2, 0.25) is 5.15 Å². The van der Waals surface area contributed by atoms with Gasteiger partial charge < -0.3 is 10.3 Å². The second-order valence-electron chi connectivity index (χ2n) is 8.72. The van der Waals surface area contributed by atoms with Gasteiger partial charge in [0.2, 0.25) is 5.91 Å². The number of nitrogens with zero attached hydrogens (tertiary/aromatic N) is 2. The first-order chi connectivity index (χ1) is 17.4. The number of carbonyl (C=O) groups is 1. The number of H-pyrrole nitrogens is 1. The van der Waals surface area contributed by atoms with Crippen LogP contribution in [0.5, 0.6) is 0 Å². The summed E-state index contributed by atoms with van der Waals surface area (Å²) in [6, 6.07) is 24.2. The highest BCUT2D eigenvalue weighted by Gasteiger charge is 2.16. The van der Waals surface area contributed by atoms with Crippen LogP contribution >= 0.6 is 11.6 Å². The minimum absolute atomic E-state index is 0.0162. The number of anilines is 1. The van der Waals surface area contributed by atoms with E-state index in [1.807, 2.05) is 80.6 Å². The molecular weight excluding hydrogens is 472 g/mol. The summed E-state index contributed by atoms with van der Waals surface area (Å²) < 4.78 is 0. The van der Waals surface area contributed by atoms with Crippen LogP contribution in [-0.4, -0.2) is 20.9 Å². The average Bonchev–Trinajstić information content (AvgIpc) is 2.85. The van der Waals surface area contributed by atoms with Gasteiger partial charge >= 0.3 is 0 Å². The first-order valence-corrected chi connectivity index (χ1v) is 11.9. The molecule has 0 saturated carbocycles. The molecule has 5 rings (SSSR count). The maximum Gasteiger partial charge on any atom is 0.230 e. The zero-order chi connectivity index (χ0) is 25.2. The monoisotopic (exact) mass is 494 g/mol. The molecule has 2 N–H and O–H groups in total. The van der Waals surface area contributed by atoms with Crippen molar-refractivity contribution in [3.8, 4) is 22.4 Å². The fourth-order valence-corrected chi connectivity index (χ4v) is 4.40. The SMILES string of the molecule is Cc1ccc(NC(=O)Cc2cc(=O)c3cc(-c4cc(C)nc(Cl)c4)c(-c4ccccc4)nc3[nH]2)cc1. The maximum absolute atomic E-state index is 13.1. The Kier molecular flexibility index (Phi) is 6.36. The predicted molar refractivity (Wildman–Crippen MR) is 144 cm³/mol. The molecule has 7 heteroatoms. The summed E-state index contributed by atoms with van der Waals surface area (Å²) >= 11 is 6.25. The number of rotatable bonds is 5. The molecule has 0 saturated heterocycles. The Bertz CT molecular complexity index is 1620. The van der Waals surface area contributed by atoms with E-state index in [4.69, 9.17) is 16.6 Å². The largest absolute Gasteiger partial charge is 0.343 e.